The van der Waals surface area contributed by atoms with Gasteiger partial charge in [0.25, 0.3) is 5.91 Å². The van der Waals surface area contributed by atoms with E-state index in [1.165, 1.54) is 17.8 Å². The van der Waals surface area contributed by atoms with Crippen molar-refractivity contribution in [2.45, 2.75) is 45.1 Å². The number of methoxy groups -OCH3 is 1. The van der Waals surface area contributed by atoms with Crippen LogP contribution in [0.15, 0.2) is 35.2 Å². The molecule has 7 nitrogen and oxygen atoms in total. The summed E-state index contributed by atoms with van der Waals surface area (Å²) in [5, 5.41) is 5.74. The van der Waals surface area contributed by atoms with E-state index in [0.717, 1.165) is 48.7 Å². The molecule has 8 heteroatoms. The summed E-state index contributed by atoms with van der Waals surface area (Å²) in [6.45, 7) is 1.31. The van der Waals surface area contributed by atoms with E-state index in [4.69, 9.17) is 4.74 Å². The predicted molar refractivity (Wildman–Crippen MR) is 128 cm³/mol. The molecule has 0 radical (unpaired) electrons. The summed E-state index contributed by atoms with van der Waals surface area (Å²) < 4.78 is 7.31. The Hall–Kier alpha value is -2.71. The zero-order valence-electron chi connectivity index (χ0n) is 18.7. The van der Waals surface area contributed by atoms with Gasteiger partial charge >= 0.3 is 0 Å². The van der Waals surface area contributed by atoms with Gasteiger partial charge in [0, 0.05) is 49.7 Å². The van der Waals surface area contributed by atoms with E-state index in [1.54, 1.807) is 22.9 Å². The Kier molecular flexibility index (Phi) is 7.22. The van der Waals surface area contributed by atoms with Gasteiger partial charge in [-0.25, -0.2) is 4.98 Å². The number of aromatic nitrogens is 2. The van der Waals surface area contributed by atoms with E-state index in [-0.39, 0.29) is 17.7 Å². The third-order valence-corrected chi connectivity index (χ3v) is 6.78. The lowest BCUT2D eigenvalue weighted by molar-refractivity contribution is -0.123. The average Bonchev–Trinajstić information content (AvgIpc) is 3.47. The van der Waals surface area contributed by atoms with Crippen LogP contribution in [0.5, 0.6) is 0 Å². The van der Waals surface area contributed by atoms with Crippen molar-refractivity contribution in [2.24, 2.45) is 5.92 Å². The summed E-state index contributed by atoms with van der Waals surface area (Å²) in [5.74, 6) is 0.795. The number of nitrogens with one attached hydrogen (secondary N) is 1. The quantitative estimate of drug-likeness (QED) is 0.490. The molecule has 0 saturated heterocycles. The number of aryl methyl sites for hydroxylation is 1. The van der Waals surface area contributed by atoms with Gasteiger partial charge in [-0.15, -0.1) is 11.3 Å². The number of amides is 2. The maximum absolute atomic E-state index is 13.1. The van der Waals surface area contributed by atoms with E-state index < -0.39 is 0 Å². The Bertz CT molecular complexity index is 1070. The minimum atomic E-state index is -0.230. The summed E-state index contributed by atoms with van der Waals surface area (Å²) in [5.41, 5.74) is 3.91. The number of anilines is 2. The molecule has 170 valence electrons. The minimum absolute atomic E-state index is 0.117. The SMILES string of the molecule is COCCCn1c(NC(=O)c2cscn2)cc2ccc(N(C)C(=O)C3CCCCC3)cc21. The van der Waals surface area contributed by atoms with Gasteiger partial charge in [-0.3, -0.25) is 9.59 Å². The number of carbonyl (C=O) groups is 2. The molecule has 1 fully saturated rings. The number of hydrogen-bond donors (Lipinski definition) is 1. The molecule has 2 aromatic heterocycles. The van der Waals surface area contributed by atoms with Crippen LogP contribution in [0, 0.1) is 5.92 Å². The minimum Gasteiger partial charge on any atom is -0.385 e. The van der Waals surface area contributed by atoms with Crippen molar-refractivity contribution in [3.05, 3.63) is 40.8 Å². The van der Waals surface area contributed by atoms with Crippen molar-refractivity contribution in [1.29, 1.82) is 0 Å². The van der Waals surface area contributed by atoms with Crippen LogP contribution < -0.4 is 10.2 Å². The fourth-order valence-electron chi connectivity index (χ4n) is 4.42. The van der Waals surface area contributed by atoms with Crippen LogP contribution in [0.3, 0.4) is 0 Å². The fourth-order valence-corrected chi connectivity index (χ4v) is 4.95. The highest BCUT2D eigenvalue weighted by Crippen LogP contribution is 2.31. The third kappa shape index (κ3) is 4.86. The second kappa shape index (κ2) is 10.3. The standard InChI is InChI=1S/C24H30N4O3S/c1-27(24(30)17-7-4-3-5-8-17)19-10-9-18-13-22(26-23(29)20-15-32-16-25-20)28(21(18)14-19)11-6-12-31-2/h9-10,13-17H,3-8,11-12H2,1-2H3,(H,26,29). The van der Waals surface area contributed by atoms with Crippen molar-refractivity contribution in [3.8, 4) is 0 Å². The van der Waals surface area contributed by atoms with Gasteiger partial charge in [-0.2, -0.15) is 0 Å². The Morgan fingerprint density at radius 3 is 2.78 bits per heavy atom. The van der Waals surface area contributed by atoms with E-state index in [1.807, 2.05) is 31.3 Å². The second-order valence-electron chi connectivity index (χ2n) is 8.33. The van der Waals surface area contributed by atoms with Crippen LogP contribution in [0.25, 0.3) is 10.9 Å². The number of fused-ring (bicyclic) bond motifs is 1. The average molecular weight is 455 g/mol. The first kappa shape index (κ1) is 22.5. The van der Waals surface area contributed by atoms with Gasteiger partial charge in [-0.1, -0.05) is 25.3 Å². The first-order valence-corrected chi connectivity index (χ1v) is 12.1. The maximum Gasteiger partial charge on any atom is 0.276 e. The van der Waals surface area contributed by atoms with E-state index in [0.29, 0.717) is 24.7 Å². The highest BCUT2D eigenvalue weighted by Gasteiger charge is 2.25. The number of thiazole rings is 1. The van der Waals surface area contributed by atoms with E-state index >= 15 is 0 Å². The zero-order valence-corrected chi connectivity index (χ0v) is 19.5. The van der Waals surface area contributed by atoms with Crippen molar-refractivity contribution in [3.63, 3.8) is 0 Å². The van der Waals surface area contributed by atoms with Crippen LogP contribution >= 0.6 is 11.3 Å². The van der Waals surface area contributed by atoms with Crippen LogP contribution in [0.4, 0.5) is 11.5 Å². The van der Waals surface area contributed by atoms with Gasteiger partial charge in [0.2, 0.25) is 5.91 Å². The van der Waals surface area contributed by atoms with Crippen molar-refractivity contribution in [2.75, 3.05) is 31.0 Å². The van der Waals surface area contributed by atoms with Gasteiger partial charge in [0.15, 0.2) is 0 Å². The highest BCUT2D eigenvalue weighted by atomic mass is 32.1. The normalized spacial score (nSPS) is 14.6. The van der Waals surface area contributed by atoms with Crippen LogP contribution in [0.1, 0.15) is 49.0 Å². The van der Waals surface area contributed by atoms with Crippen LogP contribution in [-0.2, 0) is 16.1 Å². The number of hydrogen-bond acceptors (Lipinski definition) is 5. The lowest BCUT2D eigenvalue weighted by atomic mass is 9.88. The Morgan fingerprint density at radius 2 is 2.06 bits per heavy atom. The Labute approximate surface area is 192 Å². The molecule has 4 rings (SSSR count). The fraction of sp³-hybridized carbons (Fsp3) is 0.458. The Morgan fingerprint density at radius 1 is 1.25 bits per heavy atom. The van der Waals surface area contributed by atoms with Crippen molar-refractivity contribution in [1.82, 2.24) is 9.55 Å². The number of benzene rings is 1. The molecule has 1 aliphatic rings. The summed E-state index contributed by atoms with van der Waals surface area (Å²) in [6.07, 6.45) is 6.25. The monoisotopic (exact) mass is 454 g/mol. The van der Waals surface area contributed by atoms with E-state index in [9.17, 15) is 9.59 Å². The molecule has 1 N–H and O–H groups in total. The maximum atomic E-state index is 13.1. The molecular weight excluding hydrogens is 424 g/mol. The van der Waals surface area contributed by atoms with Crippen LogP contribution in [0.2, 0.25) is 0 Å². The second-order valence-corrected chi connectivity index (χ2v) is 9.05. The predicted octanol–water partition coefficient (Wildman–Crippen LogP) is 4.93. The molecule has 1 saturated carbocycles. The van der Waals surface area contributed by atoms with E-state index in [2.05, 4.69) is 14.9 Å². The van der Waals surface area contributed by atoms with Gasteiger partial charge in [0.05, 0.1) is 11.0 Å². The molecule has 0 bridgehead atoms. The summed E-state index contributed by atoms with van der Waals surface area (Å²) in [4.78, 5) is 31.6. The smallest absolute Gasteiger partial charge is 0.276 e. The number of rotatable bonds is 8. The third-order valence-electron chi connectivity index (χ3n) is 6.20. The molecular formula is C24H30N4O3S. The molecule has 1 aliphatic carbocycles. The molecule has 2 amide bonds. The number of ether oxygens (including phenoxy) is 1. The molecule has 32 heavy (non-hydrogen) atoms. The summed E-state index contributed by atoms with van der Waals surface area (Å²) in [7, 11) is 3.55. The molecule has 0 spiro atoms. The Balaban J connectivity index is 1.63. The topological polar surface area (TPSA) is 76.5 Å². The van der Waals surface area contributed by atoms with Crippen molar-refractivity contribution >= 4 is 45.6 Å². The number of carbonyl (C=O) groups excluding carboxylic acids is 2. The van der Waals surface area contributed by atoms with Crippen LogP contribution in [-0.4, -0.2) is 42.1 Å². The lowest BCUT2D eigenvalue weighted by Crippen LogP contribution is -2.33. The molecule has 0 aliphatic heterocycles. The number of nitrogens with zero attached hydrogens (tertiary/aromatic N) is 3. The summed E-state index contributed by atoms with van der Waals surface area (Å²) in [6, 6.07) is 8.01. The summed E-state index contributed by atoms with van der Waals surface area (Å²) >= 11 is 1.39. The van der Waals surface area contributed by atoms with Gasteiger partial charge in [-0.05, 0) is 37.5 Å². The largest absolute Gasteiger partial charge is 0.385 e. The zero-order chi connectivity index (χ0) is 22.5. The highest BCUT2D eigenvalue weighted by molar-refractivity contribution is 7.07. The first-order chi connectivity index (χ1) is 15.6. The van der Waals surface area contributed by atoms with Gasteiger partial charge < -0.3 is 19.5 Å². The van der Waals surface area contributed by atoms with Gasteiger partial charge in [0.1, 0.15) is 11.5 Å². The molecule has 1 aromatic carbocycles. The molecule has 2 heterocycles. The van der Waals surface area contributed by atoms with Crippen molar-refractivity contribution < 1.29 is 14.3 Å². The first-order valence-electron chi connectivity index (χ1n) is 11.2. The molecule has 3 aromatic rings. The molecule has 0 atom stereocenters. The lowest BCUT2D eigenvalue weighted by Gasteiger charge is -2.26. The molecule has 0 unspecified atom stereocenters.